The molecule has 27 heavy (non-hydrogen) atoms. The lowest BCUT2D eigenvalue weighted by Crippen LogP contribution is -2.33. The fraction of sp³-hybridized carbons (Fsp3) is 0.444. The summed E-state index contributed by atoms with van der Waals surface area (Å²) in [5.41, 5.74) is 1.12. The number of halogens is 1. The lowest BCUT2D eigenvalue weighted by atomic mass is 10.2. The Balaban J connectivity index is 1.82. The molecule has 0 unspecified atom stereocenters. The van der Waals surface area contributed by atoms with Gasteiger partial charge in [0.15, 0.2) is 0 Å². The Morgan fingerprint density at radius 3 is 2.74 bits per heavy atom. The van der Waals surface area contributed by atoms with Crippen LogP contribution in [0.25, 0.3) is 0 Å². The Labute approximate surface area is 161 Å². The van der Waals surface area contributed by atoms with Crippen molar-refractivity contribution in [3.8, 4) is 0 Å². The molecule has 3 rings (SSSR count). The maximum absolute atomic E-state index is 14.6. The second-order valence-corrected chi connectivity index (χ2v) is 7.41. The number of rotatable bonds is 6. The molecule has 9 heteroatoms. The van der Waals surface area contributed by atoms with Gasteiger partial charge in [0.25, 0.3) is 5.91 Å². The highest BCUT2D eigenvalue weighted by Crippen LogP contribution is 2.28. The number of ether oxygens (including phenoxy) is 1. The smallest absolute Gasteiger partial charge is 0.337 e. The molecule has 0 aromatic heterocycles. The number of esters is 1. The highest BCUT2D eigenvalue weighted by molar-refractivity contribution is 7.99. The summed E-state index contributed by atoms with van der Waals surface area (Å²) in [6.45, 7) is 1.51. The molecule has 146 valence electrons. The van der Waals surface area contributed by atoms with Crippen molar-refractivity contribution in [3.05, 3.63) is 35.3 Å². The van der Waals surface area contributed by atoms with Crippen molar-refractivity contribution in [2.45, 2.75) is 0 Å². The van der Waals surface area contributed by atoms with Crippen LogP contribution < -0.4 is 10.2 Å². The maximum atomic E-state index is 14.6. The molecule has 0 atom stereocenters. The summed E-state index contributed by atoms with van der Waals surface area (Å²) in [5, 5.41) is 11.9. The van der Waals surface area contributed by atoms with E-state index in [1.165, 1.54) is 18.1 Å². The number of carbonyl (C=O) groups excluding carboxylic acids is 2. The summed E-state index contributed by atoms with van der Waals surface area (Å²) in [6, 6.07) is 4.68. The minimum atomic E-state index is -0.630. The van der Waals surface area contributed by atoms with E-state index < -0.39 is 11.9 Å². The molecule has 1 amide bonds. The number of hydrogen-bond donors (Lipinski definition) is 2. The van der Waals surface area contributed by atoms with E-state index in [9.17, 15) is 14.0 Å². The summed E-state index contributed by atoms with van der Waals surface area (Å²) < 4.78 is 19.3. The van der Waals surface area contributed by atoms with Crippen molar-refractivity contribution in [1.82, 2.24) is 4.90 Å². The minimum Gasteiger partial charge on any atom is -0.466 e. The summed E-state index contributed by atoms with van der Waals surface area (Å²) >= 11 is 1.85. The molecule has 1 aromatic rings. The van der Waals surface area contributed by atoms with Crippen LogP contribution in [-0.4, -0.2) is 73.3 Å². The van der Waals surface area contributed by atoms with Gasteiger partial charge in [-0.05, 0) is 18.2 Å². The number of amides is 1. The summed E-state index contributed by atoms with van der Waals surface area (Å²) in [5.74, 6) is 0.481. The van der Waals surface area contributed by atoms with Crippen LogP contribution in [0.3, 0.4) is 0 Å². The van der Waals surface area contributed by atoms with Crippen LogP contribution in [-0.2, 0) is 14.3 Å². The lowest BCUT2D eigenvalue weighted by Gasteiger charge is -2.29. The van der Waals surface area contributed by atoms with Gasteiger partial charge in [0.05, 0.1) is 31.5 Å². The molecule has 0 bridgehead atoms. The number of methoxy groups -OCH3 is 1. The van der Waals surface area contributed by atoms with E-state index in [0.717, 1.165) is 24.6 Å². The average molecular weight is 395 g/mol. The third-order valence-electron chi connectivity index (χ3n) is 4.52. The quantitative estimate of drug-likeness (QED) is 0.697. The van der Waals surface area contributed by atoms with Crippen LogP contribution in [0.5, 0.6) is 0 Å². The molecule has 0 aliphatic carbocycles. The number of hydrogen-bond acceptors (Lipinski definition) is 7. The number of nitrogens with zero attached hydrogens (tertiary/aromatic N) is 2. The van der Waals surface area contributed by atoms with Crippen molar-refractivity contribution in [2.75, 3.05) is 61.6 Å². The molecule has 2 aliphatic rings. The van der Waals surface area contributed by atoms with Crippen molar-refractivity contribution in [3.63, 3.8) is 0 Å². The highest BCUT2D eigenvalue weighted by atomic mass is 32.2. The van der Waals surface area contributed by atoms with E-state index in [1.54, 1.807) is 12.1 Å². The van der Waals surface area contributed by atoms with Crippen LogP contribution in [0.15, 0.2) is 29.5 Å². The summed E-state index contributed by atoms with van der Waals surface area (Å²) in [7, 11) is 1.23. The standard InChI is InChI=1S/C18H22FN3O4S/c1-26-18(25)13-11-22(4-7-23)17(24)16(13)20-12-2-3-15(14(19)10-12)21-5-8-27-9-6-21/h2-3,10,20,23H,4-9,11H2,1H3. The first kappa shape index (κ1) is 19.5. The largest absolute Gasteiger partial charge is 0.466 e. The molecule has 2 heterocycles. The first-order chi connectivity index (χ1) is 13.0. The third-order valence-corrected chi connectivity index (χ3v) is 5.46. The van der Waals surface area contributed by atoms with Gasteiger partial charge in [-0.2, -0.15) is 11.8 Å². The monoisotopic (exact) mass is 395 g/mol. The zero-order chi connectivity index (χ0) is 19.4. The number of carbonyl (C=O) groups is 2. The predicted octanol–water partition coefficient (Wildman–Crippen LogP) is 1.05. The number of aliphatic hydroxyl groups excluding tert-OH is 1. The molecular weight excluding hydrogens is 373 g/mol. The normalized spacial score (nSPS) is 17.5. The Kier molecular flexibility index (Phi) is 6.22. The summed E-state index contributed by atoms with van der Waals surface area (Å²) in [6.07, 6.45) is 0. The Morgan fingerprint density at radius 2 is 2.11 bits per heavy atom. The van der Waals surface area contributed by atoms with Crippen LogP contribution >= 0.6 is 11.8 Å². The topological polar surface area (TPSA) is 82.1 Å². The zero-order valence-corrected chi connectivity index (χ0v) is 15.9. The van der Waals surface area contributed by atoms with Crippen molar-refractivity contribution < 1.29 is 23.8 Å². The van der Waals surface area contributed by atoms with Gasteiger partial charge in [-0.25, -0.2) is 9.18 Å². The molecule has 0 radical (unpaired) electrons. The van der Waals surface area contributed by atoms with Crippen LogP contribution in [0.2, 0.25) is 0 Å². The molecule has 1 saturated heterocycles. The van der Waals surface area contributed by atoms with Gasteiger partial charge < -0.3 is 25.0 Å². The van der Waals surface area contributed by atoms with E-state index in [0.29, 0.717) is 11.4 Å². The highest BCUT2D eigenvalue weighted by Gasteiger charge is 2.34. The number of aliphatic hydroxyl groups is 1. The molecule has 0 spiro atoms. The number of nitrogens with one attached hydrogen (secondary N) is 1. The molecular formula is C18H22FN3O4S. The minimum absolute atomic E-state index is 0.0421. The molecule has 0 saturated carbocycles. The molecule has 7 nitrogen and oxygen atoms in total. The van der Waals surface area contributed by atoms with Gasteiger partial charge in [0.1, 0.15) is 11.5 Å². The van der Waals surface area contributed by atoms with Crippen molar-refractivity contribution >= 4 is 35.0 Å². The first-order valence-electron chi connectivity index (χ1n) is 8.66. The number of thioether (sulfide) groups is 1. The number of benzene rings is 1. The Bertz CT molecular complexity index is 765. The third kappa shape index (κ3) is 4.19. The first-order valence-corrected chi connectivity index (χ1v) is 9.81. The zero-order valence-electron chi connectivity index (χ0n) is 15.0. The molecule has 2 N–H and O–H groups in total. The van der Waals surface area contributed by atoms with E-state index in [-0.39, 0.29) is 36.8 Å². The molecule has 2 aliphatic heterocycles. The van der Waals surface area contributed by atoms with Gasteiger partial charge in [-0.3, -0.25) is 4.79 Å². The molecule has 1 fully saturated rings. The van der Waals surface area contributed by atoms with Gasteiger partial charge in [-0.1, -0.05) is 0 Å². The van der Waals surface area contributed by atoms with Crippen molar-refractivity contribution in [1.29, 1.82) is 0 Å². The molecule has 1 aromatic carbocycles. The van der Waals surface area contributed by atoms with Crippen LogP contribution in [0.4, 0.5) is 15.8 Å². The van der Waals surface area contributed by atoms with Gasteiger partial charge in [0.2, 0.25) is 0 Å². The van der Waals surface area contributed by atoms with Crippen molar-refractivity contribution in [2.24, 2.45) is 0 Å². The van der Waals surface area contributed by atoms with Crippen LogP contribution in [0, 0.1) is 5.82 Å². The Hall–Kier alpha value is -2.26. The Morgan fingerprint density at radius 1 is 1.37 bits per heavy atom. The van der Waals surface area contributed by atoms with E-state index in [1.807, 2.05) is 16.7 Å². The van der Waals surface area contributed by atoms with E-state index >= 15 is 0 Å². The lowest BCUT2D eigenvalue weighted by molar-refractivity contribution is -0.136. The second-order valence-electron chi connectivity index (χ2n) is 6.19. The fourth-order valence-electron chi connectivity index (χ4n) is 3.14. The van der Waals surface area contributed by atoms with Gasteiger partial charge in [-0.15, -0.1) is 0 Å². The van der Waals surface area contributed by atoms with Crippen LogP contribution in [0.1, 0.15) is 0 Å². The van der Waals surface area contributed by atoms with Gasteiger partial charge >= 0.3 is 5.97 Å². The predicted molar refractivity (Wildman–Crippen MR) is 102 cm³/mol. The van der Waals surface area contributed by atoms with E-state index in [2.05, 4.69) is 5.32 Å². The summed E-state index contributed by atoms with van der Waals surface area (Å²) in [4.78, 5) is 27.8. The van der Waals surface area contributed by atoms with Gasteiger partial charge in [0, 0.05) is 36.8 Å². The number of anilines is 2. The maximum Gasteiger partial charge on any atom is 0.337 e. The average Bonchev–Trinajstić information content (AvgIpc) is 2.98. The fourth-order valence-corrected chi connectivity index (χ4v) is 4.04. The van der Waals surface area contributed by atoms with E-state index in [4.69, 9.17) is 9.84 Å². The number of β-amino-alcohol motifs (C(OH)–C–C–N with tert-alkyl or cyclic N) is 1. The second kappa shape index (κ2) is 8.62. The SMILES string of the molecule is COC(=O)C1=C(Nc2ccc(N3CCSCC3)c(F)c2)C(=O)N(CCO)C1.